The molecule has 0 unspecified atom stereocenters. The van der Waals surface area contributed by atoms with E-state index in [-0.39, 0.29) is 5.91 Å². The Morgan fingerprint density at radius 1 is 1.15 bits per heavy atom. The lowest BCUT2D eigenvalue weighted by Gasteiger charge is -2.12. The van der Waals surface area contributed by atoms with Crippen LogP contribution >= 0.6 is 0 Å². The number of aromatic nitrogens is 1. The first-order valence-electron chi connectivity index (χ1n) is 8.93. The van der Waals surface area contributed by atoms with Crippen LogP contribution in [0.4, 0.5) is 11.5 Å². The Morgan fingerprint density at radius 3 is 2.65 bits per heavy atom. The molecule has 1 saturated carbocycles. The van der Waals surface area contributed by atoms with Crippen molar-refractivity contribution in [2.24, 2.45) is 0 Å². The number of benzene rings is 2. The number of nitrogens with one attached hydrogen (secondary N) is 2. The molecule has 0 aliphatic heterocycles. The Hall–Kier alpha value is -3.08. The number of nitrogens with zero attached hydrogens (tertiary/aromatic N) is 1. The van der Waals surface area contributed by atoms with Gasteiger partial charge in [-0.3, -0.25) is 4.79 Å². The van der Waals surface area contributed by atoms with Crippen molar-refractivity contribution in [3.05, 3.63) is 60.2 Å². The van der Waals surface area contributed by atoms with Crippen molar-refractivity contribution in [2.45, 2.75) is 25.8 Å². The fraction of sp³-hybridized carbons (Fsp3) is 0.238. The third-order valence-corrected chi connectivity index (χ3v) is 4.31. The standard InChI is InChI=1S/C21H21N3O2/c1-2-26-16-11-9-14(10-12-16)22-20-13-18(21(25)23-15-7-8-15)17-5-3-4-6-19(17)24-20/h3-6,9-13,15H,2,7-8H2,1H3,(H,22,24)(H,23,25). The van der Waals surface area contributed by atoms with Crippen LogP contribution in [-0.2, 0) is 0 Å². The molecule has 1 fully saturated rings. The summed E-state index contributed by atoms with van der Waals surface area (Å²) in [6, 6.07) is 17.5. The summed E-state index contributed by atoms with van der Waals surface area (Å²) < 4.78 is 5.47. The molecule has 1 aromatic heterocycles. The minimum atomic E-state index is -0.0409. The highest BCUT2D eigenvalue weighted by atomic mass is 16.5. The molecule has 1 aliphatic rings. The van der Waals surface area contributed by atoms with Gasteiger partial charge < -0.3 is 15.4 Å². The lowest BCUT2D eigenvalue weighted by Crippen LogP contribution is -2.25. The van der Waals surface area contributed by atoms with E-state index in [0.29, 0.717) is 24.0 Å². The number of hydrogen-bond acceptors (Lipinski definition) is 4. The van der Waals surface area contributed by atoms with Crippen LogP contribution in [0.1, 0.15) is 30.1 Å². The van der Waals surface area contributed by atoms with Gasteiger partial charge in [0, 0.05) is 17.1 Å². The summed E-state index contributed by atoms with van der Waals surface area (Å²) in [4.78, 5) is 17.3. The van der Waals surface area contributed by atoms with Gasteiger partial charge in [0.1, 0.15) is 11.6 Å². The maximum absolute atomic E-state index is 12.6. The smallest absolute Gasteiger partial charge is 0.252 e. The normalized spacial score (nSPS) is 13.4. The average molecular weight is 347 g/mol. The SMILES string of the molecule is CCOc1ccc(Nc2cc(C(=O)NC3CC3)c3ccccc3n2)cc1. The van der Waals surface area contributed by atoms with Crippen LogP contribution in [0.2, 0.25) is 0 Å². The number of para-hydroxylation sites is 1. The molecule has 3 aromatic rings. The molecule has 1 heterocycles. The number of pyridine rings is 1. The molecule has 2 N–H and O–H groups in total. The minimum Gasteiger partial charge on any atom is -0.494 e. The summed E-state index contributed by atoms with van der Waals surface area (Å²) in [6.45, 7) is 2.60. The molecule has 0 bridgehead atoms. The molecule has 1 amide bonds. The number of rotatable bonds is 6. The summed E-state index contributed by atoms with van der Waals surface area (Å²) in [5.74, 6) is 1.43. The number of ether oxygens (including phenoxy) is 1. The van der Waals surface area contributed by atoms with Crippen molar-refractivity contribution in [1.29, 1.82) is 0 Å². The van der Waals surface area contributed by atoms with E-state index in [4.69, 9.17) is 4.74 Å². The first-order chi connectivity index (χ1) is 12.7. The van der Waals surface area contributed by atoms with Crippen molar-refractivity contribution in [3.63, 3.8) is 0 Å². The van der Waals surface area contributed by atoms with Gasteiger partial charge in [-0.2, -0.15) is 0 Å². The average Bonchev–Trinajstić information content (AvgIpc) is 3.47. The highest BCUT2D eigenvalue weighted by Crippen LogP contribution is 2.26. The van der Waals surface area contributed by atoms with Gasteiger partial charge in [0.05, 0.1) is 17.7 Å². The van der Waals surface area contributed by atoms with E-state index in [0.717, 1.165) is 35.2 Å². The molecule has 132 valence electrons. The van der Waals surface area contributed by atoms with Gasteiger partial charge in [-0.15, -0.1) is 0 Å². The Balaban J connectivity index is 1.65. The first kappa shape index (κ1) is 16.4. The van der Waals surface area contributed by atoms with Gasteiger partial charge in [-0.1, -0.05) is 18.2 Å². The second-order valence-electron chi connectivity index (χ2n) is 6.40. The first-order valence-corrected chi connectivity index (χ1v) is 8.93. The van der Waals surface area contributed by atoms with Crippen molar-refractivity contribution in [1.82, 2.24) is 10.3 Å². The van der Waals surface area contributed by atoms with E-state index in [1.54, 1.807) is 0 Å². The van der Waals surface area contributed by atoms with Gasteiger partial charge >= 0.3 is 0 Å². The Kier molecular flexibility index (Phi) is 4.44. The van der Waals surface area contributed by atoms with Crippen LogP contribution in [0.5, 0.6) is 5.75 Å². The molecular formula is C21H21N3O2. The van der Waals surface area contributed by atoms with Gasteiger partial charge in [0.15, 0.2) is 0 Å². The van der Waals surface area contributed by atoms with E-state index >= 15 is 0 Å². The van der Waals surface area contributed by atoms with E-state index < -0.39 is 0 Å². The summed E-state index contributed by atoms with van der Waals surface area (Å²) in [5.41, 5.74) is 2.34. The molecule has 1 aliphatic carbocycles. The second kappa shape index (κ2) is 7.04. The van der Waals surface area contributed by atoms with Crippen molar-refractivity contribution in [3.8, 4) is 5.75 Å². The van der Waals surface area contributed by atoms with Gasteiger partial charge in [0.25, 0.3) is 5.91 Å². The highest BCUT2D eigenvalue weighted by Gasteiger charge is 2.25. The Labute approximate surface area is 152 Å². The zero-order valence-corrected chi connectivity index (χ0v) is 14.7. The third-order valence-electron chi connectivity index (χ3n) is 4.31. The van der Waals surface area contributed by atoms with Crippen LogP contribution < -0.4 is 15.4 Å². The minimum absolute atomic E-state index is 0.0409. The third kappa shape index (κ3) is 3.61. The maximum Gasteiger partial charge on any atom is 0.252 e. The fourth-order valence-corrected chi connectivity index (χ4v) is 2.87. The Bertz CT molecular complexity index is 934. The molecule has 0 radical (unpaired) electrons. The predicted octanol–water partition coefficient (Wildman–Crippen LogP) is 4.27. The lowest BCUT2D eigenvalue weighted by molar-refractivity contribution is 0.0952. The van der Waals surface area contributed by atoms with Crippen molar-refractivity contribution < 1.29 is 9.53 Å². The van der Waals surface area contributed by atoms with Gasteiger partial charge in [-0.05, 0) is 56.2 Å². The fourth-order valence-electron chi connectivity index (χ4n) is 2.87. The highest BCUT2D eigenvalue weighted by molar-refractivity contribution is 6.07. The van der Waals surface area contributed by atoms with Crippen LogP contribution in [0.25, 0.3) is 10.9 Å². The molecule has 0 atom stereocenters. The summed E-state index contributed by atoms with van der Waals surface area (Å²) in [5, 5.41) is 7.21. The zero-order valence-electron chi connectivity index (χ0n) is 14.7. The van der Waals surface area contributed by atoms with Crippen LogP contribution in [0, 0.1) is 0 Å². The van der Waals surface area contributed by atoms with E-state index in [1.807, 2.05) is 61.5 Å². The van der Waals surface area contributed by atoms with Crippen LogP contribution in [0.3, 0.4) is 0 Å². The molecule has 5 nitrogen and oxygen atoms in total. The number of hydrogen-bond donors (Lipinski definition) is 2. The molecular weight excluding hydrogens is 326 g/mol. The predicted molar refractivity (Wildman–Crippen MR) is 103 cm³/mol. The Morgan fingerprint density at radius 2 is 1.92 bits per heavy atom. The van der Waals surface area contributed by atoms with Crippen molar-refractivity contribution in [2.75, 3.05) is 11.9 Å². The lowest BCUT2D eigenvalue weighted by atomic mass is 10.1. The van der Waals surface area contributed by atoms with Gasteiger partial charge in [0.2, 0.25) is 0 Å². The van der Waals surface area contributed by atoms with Crippen LogP contribution in [0.15, 0.2) is 54.6 Å². The molecule has 2 aromatic carbocycles. The van der Waals surface area contributed by atoms with Gasteiger partial charge in [-0.25, -0.2) is 4.98 Å². The number of amides is 1. The van der Waals surface area contributed by atoms with E-state index in [9.17, 15) is 4.79 Å². The number of anilines is 2. The van der Waals surface area contributed by atoms with Crippen LogP contribution in [-0.4, -0.2) is 23.5 Å². The second-order valence-corrected chi connectivity index (χ2v) is 6.40. The molecule has 26 heavy (non-hydrogen) atoms. The maximum atomic E-state index is 12.6. The largest absolute Gasteiger partial charge is 0.494 e. The number of fused-ring (bicyclic) bond motifs is 1. The molecule has 4 rings (SSSR count). The quantitative estimate of drug-likeness (QED) is 0.699. The van der Waals surface area contributed by atoms with Crippen molar-refractivity contribution >= 4 is 28.3 Å². The van der Waals surface area contributed by atoms with E-state index in [1.165, 1.54) is 0 Å². The van der Waals surface area contributed by atoms with E-state index in [2.05, 4.69) is 15.6 Å². The zero-order chi connectivity index (χ0) is 17.9. The monoisotopic (exact) mass is 347 g/mol. The molecule has 0 saturated heterocycles. The topological polar surface area (TPSA) is 63.2 Å². The summed E-state index contributed by atoms with van der Waals surface area (Å²) in [6.07, 6.45) is 2.12. The summed E-state index contributed by atoms with van der Waals surface area (Å²) in [7, 11) is 0. The molecule has 5 heteroatoms. The molecule has 0 spiro atoms. The number of carbonyl (C=O) groups is 1. The summed E-state index contributed by atoms with van der Waals surface area (Å²) >= 11 is 0. The number of carbonyl (C=O) groups excluding carboxylic acids is 1.